The molecular formula is C66H44N2O. The van der Waals surface area contributed by atoms with Gasteiger partial charge in [0, 0.05) is 49.7 Å². The molecule has 0 saturated heterocycles. The number of aromatic nitrogens is 1. The van der Waals surface area contributed by atoms with Crippen LogP contribution in [0.5, 0.6) is 0 Å². The Morgan fingerprint density at radius 1 is 0.304 bits per heavy atom. The molecule has 0 atom stereocenters. The fourth-order valence-corrected chi connectivity index (χ4v) is 10.4. The Morgan fingerprint density at radius 3 is 1.46 bits per heavy atom. The van der Waals surface area contributed by atoms with Crippen molar-refractivity contribution < 1.29 is 4.42 Å². The van der Waals surface area contributed by atoms with E-state index >= 15 is 0 Å². The lowest BCUT2D eigenvalue weighted by Crippen LogP contribution is -2.11. The number of hydrogen-bond donors (Lipinski definition) is 0. The van der Waals surface area contributed by atoms with E-state index in [1.54, 1.807) is 0 Å². The number of anilines is 3. The Balaban J connectivity index is 0.857. The lowest BCUT2D eigenvalue weighted by atomic mass is 9.92. The molecule has 0 N–H and O–H groups in total. The third-order valence-electron chi connectivity index (χ3n) is 13.6. The van der Waals surface area contributed by atoms with Crippen molar-refractivity contribution in [2.45, 2.75) is 0 Å². The molecule has 11 aromatic carbocycles. The molecule has 0 bridgehead atoms. The van der Waals surface area contributed by atoms with E-state index in [0.717, 1.165) is 78.1 Å². The van der Waals surface area contributed by atoms with Crippen molar-refractivity contribution >= 4 is 60.8 Å². The van der Waals surface area contributed by atoms with E-state index in [-0.39, 0.29) is 0 Å². The van der Waals surface area contributed by atoms with Crippen LogP contribution in [0, 0.1) is 0 Å². The molecule has 0 radical (unpaired) electrons. The maximum Gasteiger partial charge on any atom is 0.143 e. The summed E-state index contributed by atoms with van der Waals surface area (Å²) in [6.45, 7) is 0. The van der Waals surface area contributed by atoms with Gasteiger partial charge in [0.25, 0.3) is 0 Å². The van der Waals surface area contributed by atoms with Gasteiger partial charge in [0.2, 0.25) is 0 Å². The molecule has 0 amide bonds. The first-order valence-electron chi connectivity index (χ1n) is 23.6. The minimum absolute atomic E-state index is 0.894. The Bertz CT molecular complexity index is 3930. The molecule has 0 unspecified atom stereocenters. The summed E-state index contributed by atoms with van der Waals surface area (Å²) in [5, 5.41) is 4.78. The average Bonchev–Trinajstić information content (AvgIpc) is 3.98. The molecule has 3 nitrogen and oxygen atoms in total. The largest absolute Gasteiger partial charge is 0.455 e. The third-order valence-corrected chi connectivity index (χ3v) is 13.6. The number of hydrogen-bond acceptors (Lipinski definition) is 2. The van der Waals surface area contributed by atoms with Crippen molar-refractivity contribution in [3.05, 3.63) is 267 Å². The van der Waals surface area contributed by atoms with Gasteiger partial charge in [0.1, 0.15) is 11.2 Å². The van der Waals surface area contributed by atoms with Crippen LogP contribution in [-0.2, 0) is 0 Å². The van der Waals surface area contributed by atoms with Gasteiger partial charge in [0.15, 0.2) is 0 Å². The van der Waals surface area contributed by atoms with Crippen LogP contribution < -0.4 is 4.90 Å². The van der Waals surface area contributed by atoms with Crippen LogP contribution in [0.1, 0.15) is 0 Å². The minimum atomic E-state index is 0.894. The molecule has 0 aliphatic carbocycles. The highest BCUT2D eigenvalue weighted by atomic mass is 16.3. The summed E-state index contributed by atoms with van der Waals surface area (Å²) >= 11 is 0. The van der Waals surface area contributed by atoms with Gasteiger partial charge in [-0.2, -0.15) is 0 Å². The van der Waals surface area contributed by atoms with Gasteiger partial charge in [-0.05, 0) is 111 Å². The molecule has 0 fully saturated rings. The predicted molar refractivity (Wildman–Crippen MR) is 290 cm³/mol. The highest BCUT2D eigenvalue weighted by molar-refractivity contribution is 6.13. The predicted octanol–water partition coefficient (Wildman–Crippen LogP) is 18.5. The smallest absolute Gasteiger partial charge is 0.143 e. The quantitative estimate of drug-likeness (QED) is 0.144. The van der Waals surface area contributed by atoms with Gasteiger partial charge in [0.05, 0.1) is 16.7 Å². The van der Waals surface area contributed by atoms with Crippen molar-refractivity contribution in [3.8, 4) is 61.3 Å². The second-order valence-electron chi connectivity index (χ2n) is 17.6. The van der Waals surface area contributed by atoms with Crippen LogP contribution in [0.15, 0.2) is 271 Å². The third kappa shape index (κ3) is 7.08. The van der Waals surface area contributed by atoms with Crippen molar-refractivity contribution in [2.24, 2.45) is 0 Å². The van der Waals surface area contributed by atoms with Gasteiger partial charge >= 0.3 is 0 Å². The highest BCUT2D eigenvalue weighted by Gasteiger charge is 2.21. The Hall–Kier alpha value is -9.18. The molecule has 0 saturated carbocycles. The highest BCUT2D eigenvalue weighted by Crippen LogP contribution is 2.45. The maximum absolute atomic E-state index is 6.63. The number of para-hydroxylation sites is 4. The number of fused-ring (bicyclic) bond motifs is 6. The summed E-state index contributed by atoms with van der Waals surface area (Å²) in [5.41, 5.74) is 20.1. The average molecular weight is 881 g/mol. The van der Waals surface area contributed by atoms with Crippen molar-refractivity contribution in [2.75, 3.05) is 4.90 Å². The molecule has 2 aromatic heterocycles. The Kier molecular flexibility index (Phi) is 9.84. The molecule has 0 spiro atoms. The number of furan rings is 1. The number of benzene rings is 11. The monoisotopic (exact) mass is 880 g/mol. The van der Waals surface area contributed by atoms with Crippen LogP contribution in [0.2, 0.25) is 0 Å². The standard InChI is InChI=1S/C66H44N2O/c1-3-16-48(17-4-1)55-22-7-11-26-61(55)67(53-40-36-49(37-41-53)56-42-43-60-59-25-10-14-29-64(59)69-66(60)65(56)50-18-5-2-6-19-50)52-38-34-46(35-39-52)45-30-32-47(33-31-45)51-20-15-21-54(44-51)68-62-27-12-8-23-57(62)58-24-9-13-28-63(58)68/h1-44H. The van der Waals surface area contributed by atoms with Gasteiger partial charge in [-0.25, -0.2) is 0 Å². The summed E-state index contributed by atoms with van der Waals surface area (Å²) in [4.78, 5) is 2.38. The fourth-order valence-electron chi connectivity index (χ4n) is 10.4. The fraction of sp³-hybridized carbons (Fsp3) is 0. The zero-order chi connectivity index (χ0) is 45.7. The molecular weight excluding hydrogens is 837 g/mol. The lowest BCUT2D eigenvalue weighted by molar-refractivity contribution is 0.670. The van der Waals surface area contributed by atoms with Gasteiger partial charge in [-0.15, -0.1) is 0 Å². The molecule has 2 heterocycles. The summed E-state index contributed by atoms with van der Waals surface area (Å²) < 4.78 is 9.01. The van der Waals surface area contributed by atoms with E-state index < -0.39 is 0 Å². The summed E-state index contributed by atoms with van der Waals surface area (Å²) in [7, 11) is 0. The molecule has 0 aliphatic heterocycles. The van der Waals surface area contributed by atoms with E-state index in [4.69, 9.17) is 4.42 Å². The van der Waals surface area contributed by atoms with Crippen LogP contribution in [0.3, 0.4) is 0 Å². The number of nitrogens with zero attached hydrogens (tertiary/aromatic N) is 2. The van der Waals surface area contributed by atoms with Crippen molar-refractivity contribution in [3.63, 3.8) is 0 Å². The first kappa shape index (κ1) is 40.1. The van der Waals surface area contributed by atoms with Gasteiger partial charge < -0.3 is 13.9 Å². The van der Waals surface area contributed by atoms with Crippen LogP contribution in [-0.4, -0.2) is 4.57 Å². The summed E-state index contributed by atoms with van der Waals surface area (Å²) in [6, 6.07) is 95.9. The molecule has 324 valence electrons. The van der Waals surface area contributed by atoms with E-state index in [9.17, 15) is 0 Å². The Labute approximate surface area is 401 Å². The van der Waals surface area contributed by atoms with Gasteiger partial charge in [-0.3, -0.25) is 0 Å². The summed E-state index contributed by atoms with van der Waals surface area (Å²) in [5.74, 6) is 0. The molecule has 69 heavy (non-hydrogen) atoms. The van der Waals surface area contributed by atoms with E-state index in [2.05, 4.69) is 270 Å². The Morgan fingerprint density at radius 2 is 0.797 bits per heavy atom. The van der Waals surface area contributed by atoms with Crippen molar-refractivity contribution in [1.29, 1.82) is 0 Å². The first-order valence-corrected chi connectivity index (χ1v) is 23.6. The van der Waals surface area contributed by atoms with Gasteiger partial charge in [-0.1, -0.05) is 200 Å². The molecule has 13 rings (SSSR count). The minimum Gasteiger partial charge on any atom is -0.455 e. The SMILES string of the molecule is c1ccc(-c2ccccc2N(c2ccc(-c3ccc(-c4cccc(-n5c6ccccc6c6ccccc65)c4)cc3)cc2)c2ccc(-c3ccc4c(oc5ccccc54)c3-c3ccccc3)cc2)cc1. The number of rotatable bonds is 9. The second kappa shape index (κ2) is 16.9. The molecule has 3 heteroatoms. The van der Waals surface area contributed by atoms with Crippen LogP contribution in [0.25, 0.3) is 105 Å². The van der Waals surface area contributed by atoms with Crippen molar-refractivity contribution in [1.82, 2.24) is 4.57 Å². The lowest BCUT2D eigenvalue weighted by Gasteiger charge is -2.28. The summed E-state index contributed by atoms with van der Waals surface area (Å²) in [6.07, 6.45) is 0. The normalized spacial score (nSPS) is 11.5. The zero-order valence-electron chi connectivity index (χ0n) is 37.7. The van der Waals surface area contributed by atoms with Crippen LogP contribution in [0.4, 0.5) is 17.1 Å². The topological polar surface area (TPSA) is 21.3 Å². The second-order valence-corrected chi connectivity index (χ2v) is 17.6. The molecule has 13 aromatic rings. The first-order chi connectivity index (χ1) is 34.2. The van der Waals surface area contributed by atoms with E-state index in [1.807, 2.05) is 6.07 Å². The maximum atomic E-state index is 6.63. The van der Waals surface area contributed by atoms with Crippen LogP contribution >= 0.6 is 0 Å². The van der Waals surface area contributed by atoms with E-state index in [1.165, 1.54) is 44.1 Å². The van der Waals surface area contributed by atoms with E-state index in [0.29, 0.717) is 0 Å². The molecule has 0 aliphatic rings. The zero-order valence-corrected chi connectivity index (χ0v) is 37.7.